The summed E-state index contributed by atoms with van der Waals surface area (Å²) in [7, 11) is 0. The van der Waals surface area contributed by atoms with Crippen molar-refractivity contribution in [1.29, 1.82) is 0 Å². The van der Waals surface area contributed by atoms with Gasteiger partial charge in [-0.05, 0) is 42.8 Å². The monoisotopic (exact) mass is 295 g/mol. The topological polar surface area (TPSA) is 52.5 Å². The molecule has 2 aromatic carbocycles. The number of hydrogen-bond acceptors (Lipinski definition) is 3. The Hall–Kier alpha value is -1.78. The van der Waals surface area contributed by atoms with Crippen molar-refractivity contribution in [3.05, 3.63) is 58.4 Å². The molecule has 0 aliphatic carbocycles. The predicted octanol–water partition coefficient (Wildman–Crippen LogP) is 3.74. The first-order chi connectivity index (χ1) is 9.47. The highest BCUT2D eigenvalue weighted by Gasteiger charge is 2.11. The van der Waals surface area contributed by atoms with Crippen LogP contribution in [0.5, 0.6) is 11.5 Å². The molecule has 0 aromatic heterocycles. The van der Waals surface area contributed by atoms with Crippen molar-refractivity contribution in [1.82, 2.24) is 5.32 Å². The second-order valence-corrected chi connectivity index (χ2v) is 5.00. The summed E-state index contributed by atoms with van der Waals surface area (Å²) in [5.74, 6) is -0.245. The van der Waals surface area contributed by atoms with E-state index in [9.17, 15) is 14.6 Å². The Morgan fingerprint density at radius 2 is 1.95 bits per heavy atom. The highest BCUT2D eigenvalue weighted by atomic mass is 35.5. The van der Waals surface area contributed by atoms with Crippen molar-refractivity contribution in [3.8, 4) is 11.5 Å². The van der Waals surface area contributed by atoms with Gasteiger partial charge in [0.1, 0.15) is 17.3 Å². The van der Waals surface area contributed by atoms with E-state index in [0.717, 1.165) is 5.56 Å². The third-order valence-corrected chi connectivity index (χ3v) is 3.36. The molecule has 2 rings (SSSR count). The minimum absolute atomic E-state index is 0.0807. The number of phenolic OH excluding ortho intramolecular Hbond substituents is 2. The smallest absolute Gasteiger partial charge is 0.141 e. The molecule has 1 unspecified atom stereocenters. The summed E-state index contributed by atoms with van der Waals surface area (Å²) in [6.07, 6.45) is 0. The second kappa shape index (κ2) is 6.11. The van der Waals surface area contributed by atoms with Gasteiger partial charge in [0.05, 0.1) is 5.02 Å². The molecule has 0 radical (unpaired) electrons. The molecule has 0 amide bonds. The molecule has 20 heavy (non-hydrogen) atoms. The standard InChI is InChI=1S/C15H15ClFNO2/c1-9(12-7-11(19)3-5-15(12)20)18-8-10-2-4-14(17)13(16)6-10/h2-7,9,18-20H,8H2,1H3. The molecule has 0 fully saturated rings. The van der Waals surface area contributed by atoms with Gasteiger partial charge in [-0.25, -0.2) is 4.39 Å². The molecule has 5 heteroatoms. The Morgan fingerprint density at radius 1 is 1.20 bits per heavy atom. The van der Waals surface area contributed by atoms with Crippen molar-refractivity contribution < 1.29 is 14.6 Å². The van der Waals surface area contributed by atoms with Crippen LogP contribution in [0.1, 0.15) is 24.1 Å². The molecule has 0 bridgehead atoms. The molecule has 3 N–H and O–H groups in total. The largest absolute Gasteiger partial charge is 0.508 e. The van der Waals surface area contributed by atoms with Gasteiger partial charge in [0, 0.05) is 18.2 Å². The van der Waals surface area contributed by atoms with E-state index < -0.39 is 5.82 Å². The van der Waals surface area contributed by atoms with Gasteiger partial charge in [-0.3, -0.25) is 0 Å². The number of hydrogen-bond donors (Lipinski definition) is 3. The number of rotatable bonds is 4. The van der Waals surface area contributed by atoms with Crippen molar-refractivity contribution in [2.45, 2.75) is 19.5 Å². The molecule has 0 saturated carbocycles. The molecule has 2 aromatic rings. The van der Waals surface area contributed by atoms with Gasteiger partial charge in [-0.15, -0.1) is 0 Å². The van der Waals surface area contributed by atoms with Crippen LogP contribution in [0.4, 0.5) is 4.39 Å². The van der Waals surface area contributed by atoms with E-state index in [2.05, 4.69) is 5.32 Å². The lowest BCUT2D eigenvalue weighted by Crippen LogP contribution is -2.18. The normalized spacial score (nSPS) is 12.3. The Balaban J connectivity index is 2.06. The van der Waals surface area contributed by atoms with E-state index in [0.29, 0.717) is 12.1 Å². The fraction of sp³-hybridized carbons (Fsp3) is 0.200. The zero-order valence-electron chi connectivity index (χ0n) is 10.9. The van der Waals surface area contributed by atoms with Crippen LogP contribution in [-0.4, -0.2) is 10.2 Å². The highest BCUT2D eigenvalue weighted by molar-refractivity contribution is 6.30. The summed E-state index contributed by atoms with van der Waals surface area (Å²) in [6, 6.07) is 8.71. The molecule has 1 atom stereocenters. The van der Waals surface area contributed by atoms with Crippen LogP contribution >= 0.6 is 11.6 Å². The van der Waals surface area contributed by atoms with Gasteiger partial charge >= 0.3 is 0 Å². The molecule has 106 valence electrons. The van der Waals surface area contributed by atoms with Gasteiger partial charge in [0.25, 0.3) is 0 Å². The van der Waals surface area contributed by atoms with Crippen molar-refractivity contribution in [2.24, 2.45) is 0 Å². The Kier molecular flexibility index (Phi) is 4.47. The first kappa shape index (κ1) is 14.6. The van der Waals surface area contributed by atoms with Crippen LogP contribution in [0, 0.1) is 5.82 Å². The van der Waals surface area contributed by atoms with Crippen LogP contribution in [0.3, 0.4) is 0 Å². The SMILES string of the molecule is CC(NCc1ccc(F)c(Cl)c1)c1cc(O)ccc1O. The fourth-order valence-corrected chi connectivity index (χ4v) is 2.12. The summed E-state index contributed by atoms with van der Waals surface area (Å²) in [4.78, 5) is 0. The Bertz CT molecular complexity index is 619. The molecule has 0 saturated heterocycles. The lowest BCUT2D eigenvalue weighted by Gasteiger charge is -2.16. The Labute approximate surface area is 121 Å². The summed E-state index contributed by atoms with van der Waals surface area (Å²) in [5, 5.41) is 22.5. The lowest BCUT2D eigenvalue weighted by molar-refractivity contribution is 0.440. The quantitative estimate of drug-likeness (QED) is 0.753. The van der Waals surface area contributed by atoms with Crippen LogP contribution in [0.2, 0.25) is 5.02 Å². The van der Waals surface area contributed by atoms with Crippen LogP contribution in [0.15, 0.2) is 36.4 Å². The molecular formula is C15H15ClFNO2. The van der Waals surface area contributed by atoms with Gasteiger partial charge in [0.2, 0.25) is 0 Å². The van der Waals surface area contributed by atoms with Crippen LogP contribution in [-0.2, 0) is 6.54 Å². The average molecular weight is 296 g/mol. The number of aromatic hydroxyl groups is 2. The first-order valence-corrected chi connectivity index (χ1v) is 6.54. The van der Waals surface area contributed by atoms with Crippen LogP contribution < -0.4 is 5.32 Å². The van der Waals surface area contributed by atoms with Gasteiger partial charge in [-0.2, -0.15) is 0 Å². The number of nitrogens with one attached hydrogen (secondary N) is 1. The summed E-state index contributed by atoms with van der Waals surface area (Å²) >= 11 is 5.72. The van der Waals surface area contributed by atoms with E-state index >= 15 is 0 Å². The fourth-order valence-electron chi connectivity index (χ4n) is 1.92. The molecule has 0 aliphatic heterocycles. The molecular weight excluding hydrogens is 281 g/mol. The summed E-state index contributed by atoms with van der Waals surface area (Å²) in [6.45, 7) is 2.33. The zero-order chi connectivity index (χ0) is 14.7. The van der Waals surface area contributed by atoms with E-state index in [1.54, 1.807) is 12.1 Å². The van der Waals surface area contributed by atoms with Crippen molar-refractivity contribution in [2.75, 3.05) is 0 Å². The first-order valence-electron chi connectivity index (χ1n) is 6.16. The lowest BCUT2D eigenvalue weighted by atomic mass is 10.1. The minimum Gasteiger partial charge on any atom is -0.508 e. The van der Waals surface area contributed by atoms with E-state index in [1.165, 1.54) is 24.3 Å². The third kappa shape index (κ3) is 3.40. The summed E-state index contributed by atoms with van der Waals surface area (Å²) < 4.78 is 13.0. The Morgan fingerprint density at radius 3 is 2.65 bits per heavy atom. The third-order valence-electron chi connectivity index (χ3n) is 3.07. The maximum Gasteiger partial charge on any atom is 0.141 e. The van der Waals surface area contributed by atoms with Gasteiger partial charge in [0.15, 0.2) is 0 Å². The van der Waals surface area contributed by atoms with Gasteiger partial charge in [-0.1, -0.05) is 17.7 Å². The molecule has 0 spiro atoms. The predicted molar refractivity (Wildman–Crippen MR) is 76.4 cm³/mol. The van der Waals surface area contributed by atoms with Gasteiger partial charge < -0.3 is 15.5 Å². The van der Waals surface area contributed by atoms with E-state index in [1.807, 2.05) is 6.92 Å². The number of phenols is 2. The summed E-state index contributed by atoms with van der Waals surface area (Å²) in [5.41, 5.74) is 1.43. The second-order valence-electron chi connectivity index (χ2n) is 4.59. The number of halogens is 2. The number of benzene rings is 2. The van der Waals surface area contributed by atoms with E-state index in [-0.39, 0.29) is 22.6 Å². The minimum atomic E-state index is -0.450. The highest BCUT2D eigenvalue weighted by Crippen LogP contribution is 2.28. The van der Waals surface area contributed by atoms with Crippen LogP contribution in [0.25, 0.3) is 0 Å². The molecule has 3 nitrogen and oxygen atoms in total. The van der Waals surface area contributed by atoms with Crippen molar-refractivity contribution in [3.63, 3.8) is 0 Å². The molecule has 0 aliphatic rings. The zero-order valence-corrected chi connectivity index (χ0v) is 11.7. The maximum atomic E-state index is 13.0. The average Bonchev–Trinajstić information content (AvgIpc) is 2.42. The molecule has 0 heterocycles. The van der Waals surface area contributed by atoms with Crippen molar-refractivity contribution >= 4 is 11.6 Å². The van der Waals surface area contributed by atoms with E-state index in [4.69, 9.17) is 11.6 Å². The maximum absolute atomic E-state index is 13.0.